The third kappa shape index (κ3) is 9.16. The molecule has 0 N–H and O–H groups in total. The van der Waals surface area contributed by atoms with Crippen molar-refractivity contribution in [2.24, 2.45) is 0 Å². The first-order valence-corrected chi connectivity index (χ1v) is 13.3. The van der Waals surface area contributed by atoms with Crippen LogP contribution in [0.2, 0.25) is 0 Å². The van der Waals surface area contributed by atoms with E-state index in [2.05, 4.69) is 0 Å². The van der Waals surface area contributed by atoms with Crippen LogP contribution in [0.3, 0.4) is 0 Å². The van der Waals surface area contributed by atoms with Crippen molar-refractivity contribution in [1.29, 1.82) is 0 Å². The zero-order chi connectivity index (χ0) is 27.2. The molecule has 3 aromatic rings. The van der Waals surface area contributed by atoms with Crippen LogP contribution in [0.5, 0.6) is 11.5 Å². The van der Waals surface area contributed by atoms with Crippen molar-refractivity contribution in [1.82, 2.24) is 9.80 Å². The molecule has 0 fully saturated rings. The summed E-state index contributed by atoms with van der Waals surface area (Å²) in [6.07, 6.45) is 0.629. The molecule has 9 heteroatoms. The van der Waals surface area contributed by atoms with Crippen LogP contribution in [0.25, 0.3) is 0 Å². The van der Waals surface area contributed by atoms with E-state index in [1.165, 1.54) is 4.90 Å². The summed E-state index contributed by atoms with van der Waals surface area (Å²) in [6, 6.07) is 19.4. The third-order valence-corrected chi connectivity index (χ3v) is 6.84. The Hall–Kier alpha value is -3.40. The van der Waals surface area contributed by atoms with Gasteiger partial charge in [-0.05, 0) is 41.1 Å². The predicted molar refractivity (Wildman–Crippen MR) is 148 cm³/mol. The number of amides is 2. The van der Waals surface area contributed by atoms with Gasteiger partial charge in [-0.15, -0.1) is 11.3 Å². The minimum atomic E-state index is -0.248. The normalized spacial score (nSPS) is 10.7. The van der Waals surface area contributed by atoms with E-state index >= 15 is 0 Å². The molecular formula is C29H36N2O6S. The number of ether oxygens (including phenoxy) is 4. The van der Waals surface area contributed by atoms with Crippen LogP contribution in [0.4, 0.5) is 0 Å². The molecule has 1 aromatic heterocycles. The number of rotatable bonds is 16. The van der Waals surface area contributed by atoms with Crippen molar-refractivity contribution in [3.05, 3.63) is 82.0 Å². The van der Waals surface area contributed by atoms with Crippen molar-refractivity contribution in [2.45, 2.75) is 19.6 Å². The Bertz CT molecular complexity index is 1120. The molecule has 0 atom stereocenters. The van der Waals surface area contributed by atoms with Crippen LogP contribution in [-0.2, 0) is 38.6 Å². The summed E-state index contributed by atoms with van der Waals surface area (Å²) in [5.41, 5.74) is 2.00. The summed E-state index contributed by atoms with van der Waals surface area (Å²) >= 11 is 1.60. The maximum atomic E-state index is 13.5. The lowest BCUT2D eigenvalue weighted by atomic mass is 10.1. The van der Waals surface area contributed by atoms with Gasteiger partial charge < -0.3 is 28.7 Å². The number of nitrogens with zero attached hydrogens (tertiary/aromatic N) is 2. The van der Waals surface area contributed by atoms with Gasteiger partial charge in [0, 0.05) is 25.1 Å². The average molecular weight is 541 g/mol. The molecule has 0 unspecified atom stereocenters. The molecule has 0 saturated carbocycles. The fourth-order valence-corrected chi connectivity index (χ4v) is 4.58. The second kappa shape index (κ2) is 15.8. The second-order valence-corrected chi connectivity index (χ2v) is 9.65. The molecule has 1 heterocycles. The van der Waals surface area contributed by atoms with Crippen LogP contribution >= 0.6 is 11.3 Å². The summed E-state index contributed by atoms with van der Waals surface area (Å²) in [4.78, 5) is 30.8. The van der Waals surface area contributed by atoms with E-state index < -0.39 is 0 Å². The molecule has 0 aliphatic heterocycles. The molecule has 38 heavy (non-hydrogen) atoms. The zero-order valence-electron chi connectivity index (χ0n) is 22.3. The van der Waals surface area contributed by atoms with Crippen LogP contribution in [0, 0.1) is 0 Å². The molecule has 0 spiro atoms. The fraction of sp³-hybridized carbons (Fsp3) is 0.379. The van der Waals surface area contributed by atoms with Gasteiger partial charge in [0.05, 0.1) is 40.5 Å². The Morgan fingerprint density at radius 2 is 1.61 bits per heavy atom. The van der Waals surface area contributed by atoms with E-state index in [9.17, 15) is 9.59 Å². The third-order valence-electron chi connectivity index (χ3n) is 5.98. The molecule has 0 saturated heterocycles. The summed E-state index contributed by atoms with van der Waals surface area (Å²) in [7, 11) is 4.77. The van der Waals surface area contributed by atoms with Crippen molar-refractivity contribution in [2.75, 3.05) is 54.2 Å². The summed E-state index contributed by atoms with van der Waals surface area (Å²) in [6.45, 7) is 1.77. The van der Waals surface area contributed by atoms with E-state index in [-0.39, 0.29) is 25.0 Å². The number of benzene rings is 2. The number of methoxy groups -OCH3 is 3. The highest BCUT2D eigenvalue weighted by atomic mass is 32.1. The van der Waals surface area contributed by atoms with Crippen LogP contribution < -0.4 is 9.47 Å². The van der Waals surface area contributed by atoms with Crippen molar-refractivity contribution < 1.29 is 28.5 Å². The Morgan fingerprint density at radius 1 is 0.816 bits per heavy atom. The maximum absolute atomic E-state index is 13.5. The first-order chi connectivity index (χ1) is 18.5. The number of carbonyl (C=O) groups is 2. The lowest BCUT2D eigenvalue weighted by molar-refractivity contribution is -0.144. The first-order valence-electron chi connectivity index (χ1n) is 12.4. The van der Waals surface area contributed by atoms with E-state index in [4.69, 9.17) is 18.9 Å². The lowest BCUT2D eigenvalue weighted by Crippen LogP contribution is -2.45. The van der Waals surface area contributed by atoms with Gasteiger partial charge >= 0.3 is 0 Å². The topological polar surface area (TPSA) is 77.5 Å². The van der Waals surface area contributed by atoms with Gasteiger partial charge in [0.2, 0.25) is 11.8 Å². The fourth-order valence-electron chi connectivity index (χ4n) is 3.86. The zero-order valence-corrected chi connectivity index (χ0v) is 23.1. The quantitative estimate of drug-likeness (QED) is 0.273. The molecule has 0 bridgehead atoms. The number of thiophene rings is 1. The largest absolute Gasteiger partial charge is 0.493 e. The van der Waals surface area contributed by atoms with Gasteiger partial charge in [0.1, 0.15) is 6.61 Å². The van der Waals surface area contributed by atoms with E-state index in [0.29, 0.717) is 50.8 Å². The average Bonchev–Trinajstić information content (AvgIpc) is 3.46. The highest BCUT2D eigenvalue weighted by molar-refractivity contribution is 7.09. The molecule has 2 aromatic carbocycles. The van der Waals surface area contributed by atoms with Crippen molar-refractivity contribution in [3.8, 4) is 11.5 Å². The van der Waals surface area contributed by atoms with Crippen LogP contribution in [-0.4, -0.2) is 75.8 Å². The van der Waals surface area contributed by atoms with Crippen LogP contribution in [0.15, 0.2) is 66.0 Å². The van der Waals surface area contributed by atoms with Gasteiger partial charge in [-0.25, -0.2) is 0 Å². The minimum Gasteiger partial charge on any atom is -0.493 e. The number of carbonyl (C=O) groups excluding carboxylic acids is 2. The molecule has 0 aliphatic rings. The highest BCUT2D eigenvalue weighted by Gasteiger charge is 2.22. The van der Waals surface area contributed by atoms with E-state index in [1.54, 1.807) is 37.6 Å². The van der Waals surface area contributed by atoms with Gasteiger partial charge in [0.15, 0.2) is 11.5 Å². The second-order valence-electron chi connectivity index (χ2n) is 8.62. The smallest absolute Gasteiger partial charge is 0.249 e. The van der Waals surface area contributed by atoms with Gasteiger partial charge in [-0.2, -0.15) is 0 Å². The molecule has 8 nitrogen and oxygen atoms in total. The number of hydrogen-bond donors (Lipinski definition) is 0. The lowest BCUT2D eigenvalue weighted by Gasteiger charge is -2.27. The Morgan fingerprint density at radius 3 is 2.29 bits per heavy atom. The molecule has 204 valence electrons. The first kappa shape index (κ1) is 29.2. The maximum Gasteiger partial charge on any atom is 0.249 e. The SMILES string of the molecule is COCCN(CC(=O)N(CCc1ccc(OC)c(OC)c1)Cc1cccs1)C(=O)COCc1ccccc1. The Kier molecular flexibility index (Phi) is 12.1. The standard InChI is InChI=1S/C29H36N2O6S/c1-34-16-15-31(29(33)22-37-21-24-8-5-4-6-9-24)20-28(32)30(19-25-10-7-17-38-25)14-13-23-11-12-26(35-2)27(18-23)36-3/h4-12,17-18H,13-16,19-22H2,1-3H3. The molecular weight excluding hydrogens is 504 g/mol. The summed E-state index contributed by atoms with van der Waals surface area (Å²) in [5.74, 6) is 0.922. The Balaban J connectivity index is 1.65. The molecule has 0 aliphatic carbocycles. The summed E-state index contributed by atoms with van der Waals surface area (Å²) < 4.78 is 21.6. The number of hydrogen-bond acceptors (Lipinski definition) is 7. The minimum absolute atomic E-state index is 0.0474. The molecule has 3 rings (SSSR count). The van der Waals surface area contributed by atoms with Gasteiger partial charge in [-0.1, -0.05) is 42.5 Å². The van der Waals surface area contributed by atoms with E-state index in [1.807, 2.05) is 66.0 Å². The van der Waals surface area contributed by atoms with Gasteiger partial charge in [0.25, 0.3) is 0 Å². The van der Waals surface area contributed by atoms with Crippen molar-refractivity contribution >= 4 is 23.2 Å². The van der Waals surface area contributed by atoms with Gasteiger partial charge in [-0.3, -0.25) is 9.59 Å². The highest BCUT2D eigenvalue weighted by Crippen LogP contribution is 2.28. The van der Waals surface area contributed by atoms with E-state index in [0.717, 1.165) is 16.0 Å². The van der Waals surface area contributed by atoms with Crippen molar-refractivity contribution in [3.63, 3.8) is 0 Å². The summed E-state index contributed by atoms with van der Waals surface area (Å²) in [5, 5.41) is 1.99. The Labute approximate surface area is 228 Å². The molecule has 2 amide bonds. The molecule has 0 radical (unpaired) electrons. The predicted octanol–water partition coefficient (Wildman–Crippen LogP) is 4.03. The van der Waals surface area contributed by atoms with Crippen LogP contribution in [0.1, 0.15) is 16.0 Å². The monoisotopic (exact) mass is 540 g/mol.